The number of benzene rings is 1. The molecule has 8 heteroatoms. The van der Waals surface area contributed by atoms with Gasteiger partial charge in [0.05, 0.1) is 6.42 Å². The topological polar surface area (TPSA) is 102 Å². The Hall–Kier alpha value is -1.80. The first-order chi connectivity index (χ1) is 9.00. The highest BCUT2D eigenvalue weighted by atomic mass is 32.2. The minimum atomic E-state index is -3.82. The van der Waals surface area contributed by atoms with Crippen LogP contribution in [0, 0.1) is 0 Å². The maximum Gasteiger partial charge on any atom is 0.304 e. The van der Waals surface area contributed by atoms with Gasteiger partial charge in [-0.15, -0.1) is 0 Å². The fourth-order valence-corrected chi connectivity index (χ4v) is 2.82. The lowest BCUT2D eigenvalue weighted by Gasteiger charge is -2.20. The highest BCUT2D eigenvalue weighted by Gasteiger charge is 2.24. The van der Waals surface area contributed by atoms with Crippen LogP contribution in [-0.2, 0) is 14.8 Å². The van der Waals surface area contributed by atoms with E-state index in [4.69, 9.17) is 14.6 Å². The zero-order valence-corrected chi connectivity index (χ0v) is 10.8. The molecule has 0 aromatic heterocycles. The van der Waals surface area contributed by atoms with Crippen molar-refractivity contribution in [1.82, 2.24) is 4.72 Å². The fourth-order valence-electron chi connectivity index (χ4n) is 1.63. The second kappa shape index (κ2) is 5.45. The molecule has 1 aromatic rings. The van der Waals surface area contributed by atoms with Gasteiger partial charge in [0, 0.05) is 6.54 Å². The van der Waals surface area contributed by atoms with Crippen LogP contribution in [0.25, 0.3) is 0 Å². The number of nitrogens with one attached hydrogen (secondary N) is 1. The molecule has 0 atom stereocenters. The monoisotopic (exact) mass is 287 g/mol. The van der Waals surface area contributed by atoms with Gasteiger partial charge in [-0.05, 0) is 12.1 Å². The number of rotatable bonds is 5. The Balaban J connectivity index is 2.23. The molecule has 0 amide bonds. The average Bonchev–Trinajstić information content (AvgIpc) is 2.37. The molecule has 0 bridgehead atoms. The zero-order chi connectivity index (χ0) is 13.9. The van der Waals surface area contributed by atoms with Crippen LogP contribution in [0.15, 0.2) is 23.1 Å². The van der Waals surface area contributed by atoms with Gasteiger partial charge in [-0.1, -0.05) is 6.07 Å². The summed E-state index contributed by atoms with van der Waals surface area (Å²) in [5.41, 5.74) is 0. The molecule has 0 unspecified atom stereocenters. The molecular weight excluding hydrogens is 274 g/mol. The van der Waals surface area contributed by atoms with Crippen molar-refractivity contribution >= 4 is 16.0 Å². The summed E-state index contributed by atoms with van der Waals surface area (Å²) < 4.78 is 36.9. The first kappa shape index (κ1) is 13.6. The fraction of sp³-hybridized carbons (Fsp3) is 0.364. The number of sulfonamides is 1. The Morgan fingerprint density at radius 2 is 2.05 bits per heavy atom. The number of para-hydroxylation sites is 1. The van der Waals surface area contributed by atoms with E-state index in [0.29, 0.717) is 12.4 Å². The average molecular weight is 287 g/mol. The molecule has 1 heterocycles. The third kappa shape index (κ3) is 3.15. The number of carboxylic acid groups (broad SMARTS) is 1. The molecule has 104 valence electrons. The maximum atomic E-state index is 12.0. The minimum Gasteiger partial charge on any atom is -0.486 e. The molecule has 1 aromatic carbocycles. The Labute approximate surface area is 110 Å². The Bertz CT molecular complexity index is 583. The molecule has 0 radical (unpaired) electrons. The highest BCUT2D eigenvalue weighted by Crippen LogP contribution is 2.36. The van der Waals surface area contributed by atoms with E-state index in [2.05, 4.69) is 4.72 Å². The Morgan fingerprint density at radius 3 is 2.79 bits per heavy atom. The maximum absolute atomic E-state index is 12.0. The summed E-state index contributed by atoms with van der Waals surface area (Å²) in [7, 11) is -3.82. The van der Waals surface area contributed by atoms with E-state index < -0.39 is 16.0 Å². The van der Waals surface area contributed by atoms with E-state index in [-0.39, 0.29) is 30.2 Å². The summed E-state index contributed by atoms with van der Waals surface area (Å²) in [5, 5.41) is 8.49. The van der Waals surface area contributed by atoms with Crippen LogP contribution in [0.4, 0.5) is 0 Å². The van der Waals surface area contributed by atoms with Crippen molar-refractivity contribution in [3.05, 3.63) is 18.2 Å². The second-order valence-corrected chi connectivity index (χ2v) is 5.56. The smallest absolute Gasteiger partial charge is 0.304 e. The van der Waals surface area contributed by atoms with Crippen LogP contribution in [0.1, 0.15) is 6.42 Å². The lowest BCUT2D eigenvalue weighted by molar-refractivity contribution is -0.136. The molecule has 2 rings (SSSR count). The minimum absolute atomic E-state index is 0.0462. The van der Waals surface area contributed by atoms with Crippen LogP contribution < -0.4 is 14.2 Å². The first-order valence-corrected chi connectivity index (χ1v) is 7.09. The molecule has 0 aliphatic carbocycles. The zero-order valence-electron chi connectivity index (χ0n) is 9.96. The van der Waals surface area contributed by atoms with Gasteiger partial charge >= 0.3 is 5.97 Å². The molecule has 0 saturated carbocycles. The van der Waals surface area contributed by atoms with Crippen LogP contribution in [0.2, 0.25) is 0 Å². The number of hydrogen-bond donors (Lipinski definition) is 2. The number of hydrogen-bond acceptors (Lipinski definition) is 5. The van der Waals surface area contributed by atoms with Crippen molar-refractivity contribution in [2.24, 2.45) is 0 Å². The molecule has 7 nitrogen and oxygen atoms in total. The van der Waals surface area contributed by atoms with Crippen LogP contribution in [0.3, 0.4) is 0 Å². The van der Waals surface area contributed by atoms with Gasteiger partial charge in [0.15, 0.2) is 11.5 Å². The predicted octanol–water partition coefficient (Wildman–Crippen LogP) is 0.211. The summed E-state index contributed by atoms with van der Waals surface area (Å²) >= 11 is 0. The van der Waals surface area contributed by atoms with Gasteiger partial charge in [0.2, 0.25) is 10.0 Å². The van der Waals surface area contributed by atoms with Crippen molar-refractivity contribution in [1.29, 1.82) is 0 Å². The van der Waals surface area contributed by atoms with Crippen molar-refractivity contribution in [2.45, 2.75) is 11.3 Å². The van der Waals surface area contributed by atoms with Crippen molar-refractivity contribution in [3.63, 3.8) is 0 Å². The third-order valence-corrected chi connectivity index (χ3v) is 3.94. The van der Waals surface area contributed by atoms with E-state index in [1.165, 1.54) is 6.07 Å². The van der Waals surface area contributed by atoms with Crippen LogP contribution in [-0.4, -0.2) is 39.3 Å². The van der Waals surface area contributed by atoms with Gasteiger partial charge in [-0.25, -0.2) is 13.1 Å². The van der Waals surface area contributed by atoms with Crippen molar-refractivity contribution in [2.75, 3.05) is 19.8 Å². The molecular formula is C11H13NO6S. The molecule has 0 spiro atoms. The van der Waals surface area contributed by atoms with Crippen LogP contribution in [0.5, 0.6) is 11.5 Å². The summed E-state index contributed by atoms with van der Waals surface area (Å²) in [6.45, 7) is 0.458. The Morgan fingerprint density at radius 1 is 1.32 bits per heavy atom. The molecule has 1 aliphatic heterocycles. The Kier molecular flexibility index (Phi) is 3.91. The summed E-state index contributed by atoms with van der Waals surface area (Å²) in [4.78, 5) is 10.3. The molecule has 0 fully saturated rings. The SMILES string of the molecule is O=C(O)CCNS(=O)(=O)c1cccc2c1OCCO2. The summed E-state index contributed by atoms with van der Waals surface area (Å²) in [6, 6.07) is 4.54. The van der Waals surface area contributed by atoms with Crippen molar-refractivity contribution in [3.8, 4) is 11.5 Å². The van der Waals surface area contributed by atoms with Gasteiger partial charge in [0.25, 0.3) is 0 Å². The number of carboxylic acids is 1. The normalized spacial score (nSPS) is 14.1. The number of ether oxygens (including phenoxy) is 2. The van der Waals surface area contributed by atoms with Crippen LogP contribution >= 0.6 is 0 Å². The van der Waals surface area contributed by atoms with Gasteiger partial charge in [0.1, 0.15) is 18.1 Å². The highest BCUT2D eigenvalue weighted by molar-refractivity contribution is 7.89. The first-order valence-electron chi connectivity index (χ1n) is 5.61. The van der Waals surface area contributed by atoms with E-state index in [0.717, 1.165) is 0 Å². The third-order valence-electron chi connectivity index (χ3n) is 2.45. The summed E-state index contributed by atoms with van der Waals surface area (Å²) in [5.74, 6) is -0.540. The summed E-state index contributed by atoms with van der Waals surface area (Å²) in [6.07, 6.45) is -0.286. The van der Waals surface area contributed by atoms with Gasteiger partial charge in [-0.3, -0.25) is 4.79 Å². The molecule has 19 heavy (non-hydrogen) atoms. The molecule has 2 N–H and O–H groups in total. The standard InChI is InChI=1S/C11H13NO6S/c13-10(14)4-5-12-19(15,16)9-3-1-2-8-11(9)18-7-6-17-8/h1-3,12H,4-7H2,(H,13,14). The largest absolute Gasteiger partial charge is 0.486 e. The number of fused-ring (bicyclic) bond motifs is 1. The quantitative estimate of drug-likeness (QED) is 0.802. The van der Waals surface area contributed by atoms with Gasteiger partial charge in [-0.2, -0.15) is 0 Å². The van der Waals surface area contributed by atoms with E-state index >= 15 is 0 Å². The molecule has 1 aliphatic rings. The lowest BCUT2D eigenvalue weighted by Crippen LogP contribution is -2.27. The second-order valence-electron chi connectivity index (χ2n) is 3.82. The lowest BCUT2D eigenvalue weighted by atomic mass is 10.3. The molecule has 0 saturated heterocycles. The van der Waals surface area contributed by atoms with E-state index in [1.807, 2.05) is 0 Å². The van der Waals surface area contributed by atoms with E-state index in [9.17, 15) is 13.2 Å². The number of aliphatic carboxylic acids is 1. The predicted molar refractivity (Wildman–Crippen MR) is 64.9 cm³/mol. The van der Waals surface area contributed by atoms with Crippen molar-refractivity contribution < 1.29 is 27.8 Å². The van der Waals surface area contributed by atoms with Gasteiger partial charge < -0.3 is 14.6 Å². The number of carbonyl (C=O) groups is 1. The van der Waals surface area contributed by atoms with E-state index in [1.54, 1.807) is 12.1 Å².